The number of carbonyl (C=O) groups excluding carboxylic acids is 1. The number of hydrogen-bond acceptors (Lipinski definition) is 3. The Hall–Kier alpha value is -2.69. The summed E-state index contributed by atoms with van der Waals surface area (Å²) in [5.74, 6) is 1.56. The number of ether oxygens (including phenoxy) is 2. The number of urea groups is 1. The third-order valence-electron chi connectivity index (χ3n) is 4.01. The standard InChI is InChI=1S/C19H22N2O3/c1-2-21(13-16-6-4-3-5-7-16)19(22)20-11-10-15-8-9-17-18(12-15)24-14-23-17/h3-9,12H,2,10-11,13-14H2,1H3,(H,20,22). The van der Waals surface area contributed by atoms with Crippen LogP contribution in [0.4, 0.5) is 4.79 Å². The van der Waals surface area contributed by atoms with E-state index in [9.17, 15) is 4.79 Å². The lowest BCUT2D eigenvalue weighted by Crippen LogP contribution is -2.40. The Morgan fingerprint density at radius 3 is 2.67 bits per heavy atom. The normalized spacial score (nSPS) is 12.0. The molecule has 0 bridgehead atoms. The molecule has 2 aromatic rings. The molecule has 126 valence electrons. The molecule has 0 spiro atoms. The molecule has 0 saturated heterocycles. The van der Waals surface area contributed by atoms with E-state index in [1.165, 1.54) is 0 Å². The predicted octanol–water partition coefficient (Wildman–Crippen LogP) is 3.19. The van der Waals surface area contributed by atoms with Gasteiger partial charge in [0, 0.05) is 19.6 Å². The Labute approximate surface area is 142 Å². The van der Waals surface area contributed by atoms with Crippen LogP contribution >= 0.6 is 0 Å². The zero-order valence-electron chi connectivity index (χ0n) is 13.8. The van der Waals surface area contributed by atoms with Gasteiger partial charge in [-0.05, 0) is 36.6 Å². The number of amides is 2. The molecule has 0 atom stereocenters. The van der Waals surface area contributed by atoms with Gasteiger partial charge in [-0.15, -0.1) is 0 Å². The third-order valence-corrected chi connectivity index (χ3v) is 4.01. The molecule has 5 heteroatoms. The fourth-order valence-corrected chi connectivity index (χ4v) is 2.65. The summed E-state index contributed by atoms with van der Waals surface area (Å²) in [6.45, 7) is 4.14. The molecular formula is C19H22N2O3. The minimum absolute atomic E-state index is 0.0397. The van der Waals surface area contributed by atoms with Gasteiger partial charge in [0.2, 0.25) is 6.79 Å². The molecular weight excluding hydrogens is 304 g/mol. The molecule has 0 radical (unpaired) electrons. The fraction of sp³-hybridized carbons (Fsp3) is 0.316. The summed E-state index contributed by atoms with van der Waals surface area (Å²) in [6, 6.07) is 15.9. The zero-order chi connectivity index (χ0) is 16.8. The van der Waals surface area contributed by atoms with Gasteiger partial charge in [0.25, 0.3) is 0 Å². The Balaban J connectivity index is 1.49. The summed E-state index contributed by atoms with van der Waals surface area (Å²) in [5, 5.41) is 2.99. The van der Waals surface area contributed by atoms with E-state index in [-0.39, 0.29) is 12.8 Å². The van der Waals surface area contributed by atoms with Crippen LogP contribution in [0.15, 0.2) is 48.5 Å². The van der Waals surface area contributed by atoms with Crippen LogP contribution in [0.5, 0.6) is 11.5 Å². The number of rotatable bonds is 6. The second-order valence-corrected chi connectivity index (χ2v) is 5.67. The first kappa shape index (κ1) is 16.2. The van der Waals surface area contributed by atoms with Crippen molar-refractivity contribution in [3.8, 4) is 11.5 Å². The van der Waals surface area contributed by atoms with Crippen LogP contribution in [0.25, 0.3) is 0 Å². The summed E-state index contributed by atoms with van der Waals surface area (Å²) < 4.78 is 10.7. The Bertz CT molecular complexity index is 688. The smallest absolute Gasteiger partial charge is 0.317 e. The maximum atomic E-state index is 12.3. The second-order valence-electron chi connectivity index (χ2n) is 5.67. The first-order chi connectivity index (χ1) is 11.8. The number of nitrogens with one attached hydrogen (secondary N) is 1. The highest BCUT2D eigenvalue weighted by molar-refractivity contribution is 5.74. The first-order valence-electron chi connectivity index (χ1n) is 8.21. The van der Waals surface area contributed by atoms with Gasteiger partial charge in [-0.2, -0.15) is 0 Å². The summed E-state index contributed by atoms with van der Waals surface area (Å²) in [7, 11) is 0. The van der Waals surface area contributed by atoms with Crippen LogP contribution in [0.3, 0.4) is 0 Å². The van der Waals surface area contributed by atoms with Gasteiger partial charge in [0.15, 0.2) is 11.5 Å². The molecule has 1 aliphatic rings. The molecule has 1 aliphatic heterocycles. The van der Waals surface area contributed by atoms with Crippen LogP contribution in [0, 0.1) is 0 Å². The molecule has 2 amide bonds. The highest BCUT2D eigenvalue weighted by Crippen LogP contribution is 2.32. The van der Waals surface area contributed by atoms with Crippen molar-refractivity contribution in [2.75, 3.05) is 19.9 Å². The summed E-state index contributed by atoms with van der Waals surface area (Å²) in [5.41, 5.74) is 2.25. The van der Waals surface area contributed by atoms with Crippen molar-refractivity contribution in [2.45, 2.75) is 19.9 Å². The molecule has 1 heterocycles. The average Bonchev–Trinajstić information content (AvgIpc) is 3.08. The largest absolute Gasteiger partial charge is 0.454 e. The monoisotopic (exact) mass is 326 g/mol. The molecule has 24 heavy (non-hydrogen) atoms. The zero-order valence-corrected chi connectivity index (χ0v) is 13.8. The minimum atomic E-state index is -0.0397. The van der Waals surface area contributed by atoms with Gasteiger partial charge < -0.3 is 19.7 Å². The van der Waals surface area contributed by atoms with Gasteiger partial charge in [-0.25, -0.2) is 4.79 Å². The number of benzene rings is 2. The van der Waals surface area contributed by atoms with Crippen LogP contribution in [0.2, 0.25) is 0 Å². The number of fused-ring (bicyclic) bond motifs is 1. The minimum Gasteiger partial charge on any atom is -0.454 e. The van der Waals surface area contributed by atoms with Crippen molar-refractivity contribution in [3.05, 3.63) is 59.7 Å². The fourth-order valence-electron chi connectivity index (χ4n) is 2.65. The summed E-state index contributed by atoms with van der Waals surface area (Å²) >= 11 is 0. The Morgan fingerprint density at radius 2 is 1.88 bits per heavy atom. The van der Waals surface area contributed by atoms with Crippen molar-refractivity contribution in [2.24, 2.45) is 0 Å². The van der Waals surface area contributed by atoms with E-state index in [4.69, 9.17) is 9.47 Å². The third kappa shape index (κ3) is 3.98. The highest BCUT2D eigenvalue weighted by atomic mass is 16.7. The number of hydrogen-bond donors (Lipinski definition) is 1. The van der Waals surface area contributed by atoms with E-state index >= 15 is 0 Å². The molecule has 0 saturated carbocycles. The maximum Gasteiger partial charge on any atom is 0.317 e. The quantitative estimate of drug-likeness (QED) is 0.887. The Morgan fingerprint density at radius 1 is 1.08 bits per heavy atom. The van der Waals surface area contributed by atoms with Gasteiger partial charge in [-0.1, -0.05) is 36.4 Å². The molecule has 0 unspecified atom stereocenters. The molecule has 5 nitrogen and oxygen atoms in total. The summed E-state index contributed by atoms with van der Waals surface area (Å²) in [4.78, 5) is 14.1. The van der Waals surface area contributed by atoms with E-state index in [2.05, 4.69) is 5.32 Å². The van der Waals surface area contributed by atoms with Crippen LogP contribution in [-0.4, -0.2) is 30.8 Å². The number of nitrogens with zero attached hydrogens (tertiary/aromatic N) is 1. The van der Waals surface area contributed by atoms with Crippen molar-refractivity contribution in [3.63, 3.8) is 0 Å². The topological polar surface area (TPSA) is 50.8 Å². The first-order valence-corrected chi connectivity index (χ1v) is 8.21. The van der Waals surface area contributed by atoms with Crippen LogP contribution < -0.4 is 14.8 Å². The van der Waals surface area contributed by atoms with Crippen LogP contribution in [-0.2, 0) is 13.0 Å². The molecule has 0 fully saturated rings. The lowest BCUT2D eigenvalue weighted by atomic mass is 10.1. The van der Waals surface area contributed by atoms with Crippen molar-refractivity contribution < 1.29 is 14.3 Å². The lowest BCUT2D eigenvalue weighted by molar-refractivity contribution is 0.174. The van der Waals surface area contributed by atoms with E-state index < -0.39 is 0 Å². The van der Waals surface area contributed by atoms with Crippen molar-refractivity contribution in [1.29, 1.82) is 0 Å². The van der Waals surface area contributed by atoms with E-state index in [0.717, 1.165) is 29.0 Å². The van der Waals surface area contributed by atoms with Gasteiger partial charge in [0.1, 0.15) is 0 Å². The highest BCUT2D eigenvalue weighted by Gasteiger charge is 2.14. The van der Waals surface area contributed by atoms with E-state index in [0.29, 0.717) is 19.6 Å². The summed E-state index contributed by atoms with van der Waals surface area (Å²) in [6.07, 6.45) is 0.755. The SMILES string of the molecule is CCN(Cc1ccccc1)C(=O)NCCc1ccc2c(c1)OCO2. The second kappa shape index (κ2) is 7.73. The van der Waals surface area contributed by atoms with Crippen molar-refractivity contribution in [1.82, 2.24) is 10.2 Å². The van der Waals surface area contributed by atoms with Crippen LogP contribution in [0.1, 0.15) is 18.1 Å². The van der Waals surface area contributed by atoms with E-state index in [1.807, 2.05) is 55.5 Å². The van der Waals surface area contributed by atoms with Gasteiger partial charge >= 0.3 is 6.03 Å². The molecule has 1 N–H and O–H groups in total. The molecule has 0 aliphatic carbocycles. The molecule has 3 rings (SSSR count). The average molecular weight is 326 g/mol. The maximum absolute atomic E-state index is 12.3. The molecule has 0 aromatic heterocycles. The Kier molecular flexibility index (Phi) is 5.21. The van der Waals surface area contributed by atoms with E-state index in [1.54, 1.807) is 4.90 Å². The lowest BCUT2D eigenvalue weighted by Gasteiger charge is -2.21. The van der Waals surface area contributed by atoms with Gasteiger partial charge in [-0.3, -0.25) is 0 Å². The van der Waals surface area contributed by atoms with Crippen molar-refractivity contribution >= 4 is 6.03 Å². The number of carbonyl (C=O) groups is 1. The van der Waals surface area contributed by atoms with Gasteiger partial charge in [0.05, 0.1) is 0 Å². The predicted molar refractivity (Wildman–Crippen MR) is 92.2 cm³/mol. The molecule has 2 aromatic carbocycles.